The van der Waals surface area contributed by atoms with E-state index in [4.69, 9.17) is 9.78 Å². The van der Waals surface area contributed by atoms with Crippen molar-refractivity contribution >= 4 is 15.4 Å². The zero-order valence-corrected chi connectivity index (χ0v) is 27.0. The Morgan fingerprint density at radius 2 is 1.36 bits per heavy atom. The van der Waals surface area contributed by atoms with Crippen LogP contribution in [0, 0.1) is 17.3 Å². The summed E-state index contributed by atoms with van der Waals surface area (Å²) in [5.41, 5.74) is 6.75. The summed E-state index contributed by atoms with van der Waals surface area (Å²) in [6.45, 7) is 17.3. The molecule has 1 fully saturated rings. The largest absolute Gasteiger partial charge is 0.448 e. The lowest BCUT2D eigenvalue weighted by Crippen LogP contribution is -2.04. The Balaban J connectivity index is 2.85. The Labute approximate surface area is 237 Å². The fraction of sp³-hybridized carbons (Fsp3) is 0.667. The minimum atomic E-state index is -4.10. The molecule has 0 heterocycles. The highest BCUT2D eigenvalue weighted by atomic mass is 32.1. The molecule has 1 aliphatic carbocycles. The van der Waals surface area contributed by atoms with Crippen molar-refractivity contribution in [2.24, 2.45) is 17.3 Å². The van der Waals surface area contributed by atoms with E-state index in [-0.39, 0.29) is 23.9 Å². The van der Waals surface area contributed by atoms with Gasteiger partial charge < -0.3 is 0 Å². The van der Waals surface area contributed by atoms with Crippen molar-refractivity contribution in [3.63, 3.8) is 0 Å². The number of hydrogen-bond acceptors (Lipinski definition) is 7. The first-order valence-electron chi connectivity index (χ1n) is 13.9. The van der Waals surface area contributed by atoms with Gasteiger partial charge in [-0.15, -0.1) is 4.67 Å². The first-order valence-corrected chi connectivity index (χ1v) is 16.9. The van der Waals surface area contributed by atoms with Crippen LogP contribution in [0.4, 0.5) is 0 Å². The summed E-state index contributed by atoms with van der Waals surface area (Å²) < 4.78 is 33.6. The fourth-order valence-corrected chi connectivity index (χ4v) is 5.96. The molecule has 0 aromatic carbocycles. The minimum absolute atomic E-state index is 0.0486. The van der Waals surface area contributed by atoms with Gasteiger partial charge in [0.15, 0.2) is 0 Å². The van der Waals surface area contributed by atoms with E-state index in [1.165, 1.54) is 27.9 Å². The molecular formula is C30H50O7P2. The third kappa shape index (κ3) is 14.3. The van der Waals surface area contributed by atoms with Gasteiger partial charge in [-0.1, -0.05) is 65.2 Å². The summed E-state index contributed by atoms with van der Waals surface area (Å²) in [7, 11) is -4.97. The predicted molar refractivity (Wildman–Crippen MR) is 159 cm³/mol. The van der Waals surface area contributed by atoms with Crippen LogP contribution in [0.5, 0.6) is 0 Å². The lowest BCUT2D eigenvalue weighted by atomic mass is 9.95. The van der Waals surface area contributed by atoms with Crippen LogP contribution in [0.3, 0.4) is 0 Å². The van der Waals surface area contributed by atoms with Gasteiger partial charge in [0, 0.05) is 0 Å². The lowest BCUT2D eigenvalue weighted by molar-refractivity contribution is -0.595. The Hall–Kier alpha value is -1.17. The van der Waals surface area contributed by atoms with Gasteiger partial charge in [-0.2, -0.15) is 0 Å². The first kappa shape index (κ1) is 35.9. The first-order chi connectivity index (χ1) is 18.4. The van der Waals surface area contributed by atoms with Gasteiger partial charge in [-0.3, -0.25) is 9.09 Å². The molecule has 0 aromatic rings. The van der Waals surface area contributed by atoms with Gasteiger partial charge in [0.2, 0.25) is 0 Å². The van der Waals surface area contributed by atoms with E-state index in [0.717, 1.165) is 51.4 Å². The molecule has 39 heavy (non-hydrogen) atoms. The van der Waals surface area contributed by atoms with Crippen molar-refractivity contribution in [3.8, 4) is 0 Å². The second-order valence-electron chi connectivity index (χ2n) is 11.5. The van der Waals surface area contributed by atoms with Crippen molar-refractivity contribution in [2.75, 3.05) is 6.61 Å². The summed E-state index contributed by atoms with van der Waals surface area (Å²) in [6.07, 6.45) is 19.6. The second kappa shape index (κ2) is 18.3. The van der Waals surface area contributed by atoms with Crippen LogP contribution in [0.25, 0.3) is 0 Å². The normalized spacial score (nSPS) is 23.5. The Morgan fingerprint density at radius 1 is 0.846 bits per heavy atom. The van der Waals surface area contributed by atoms with E-state index >= 15 is 0 Å². The molecule has 4 unspecified atom stereocenters. The van der Waals surface area contributed by atoms with E-state index in [2.05, 4.69) is 101 Å². The quantitative estimate of drug-likeness (QED) is 0.0658. The van der Waals surface area contributed by atoms with Crippen molar-refractivity contribution in [3.05, 3.63) is 58.2 Å². The summed E-state index contributed by atoms with van der Waals surface area (Å²) in [5, 5.41) is 15.5. The SMILES string of the molecule is CC(C)=CCC/C(C)=C/CC/C(C)=C/C1C(COP(=O)(OOOO)P=O)C1(C)CC/C=C(\C)CCC=C(C)C. The molecule has 7 nitrogen and oxygen atoms in total. The zero-order valence-electron chi connectivity index (χ0n) is 25.2. The van der Waals surface area contributed by atoms with Crippen LogP contribution in [-0.4, -0.2) is 11.9 Å². The Bertz CT molecular complexity index is 972. The molecule has 222 valence electrons. The van der Waals surface area contributed by atoms with E-state index in [1.807, 2.05) is 0 Å². The molecular weight excluding hydrogens is 534 g/mol. The molecule has 1 N–H and O–H groups in total. The maximum atomic E-state index is 12.5. The highest BCUT2D eigenvalue weighted by molar-refractivity contribution is 8.14. The Morgan fingerprint density at radius 3 is 1.87 bits per heavy atom. The maximum Gasteiger partial charge on any atom is 0.448 e. The molecule has 0 bridgehead atoms. The molecule has 0 aliphatic heterocycles. The highest BCUT2D eigenvalue weighted by Gasteiger charge is 2.59. The number of rotatable bonds is 20. The molecule has 0 radical (unpaired) electrons. The van der Waals surface area contributed by atoms with Gasteiger partial charge in [0.05, 0.1) is 6.61 Å². The molecule has 1 saturated carbocycles. The van der Waals surface area contributed by atoms with Gasteiger partial charge in [-0.05, 0) is 127 Å². The predicted octanol–water partition coefficient (Wildman–Crippen LogP) is 10.9. The molecule has 0 amide bonds. The summed E-state index contributed by atoms with van der Waals surface area (Å²) in [4.78, 5) is 0. The van der Waals surface area contributed by atoms with Crippen LogP contribution in [0.15, 0.2) is 58.2 Å². The van der Waals surface area contributed by atoms with Crippen molar-refractivity contribution < 1.29 is 33.7 Å². The van der Waals surface area contributed by atoms with Crippen molar-refractivity contribution in [1.82, 2.24) is 0 Å². The molecule has 4 atom stereocenters. The summed E-state index contributed by atoms with van der Waals surface area (Å²) in [5.74, 6) is 0.327. The average Bonchev–Trinajstić information content (AvgIpc) is 3.41. The molecule has 0 spiro atoms. The van der Waals surface area contributed by atoms with Crippen LogP contribution in [0.2, 0.25) is 0 Å². The standard InChI is InChI=1S/C30H50O7P2/c1-23(2)13-9-15-25(5)17-11-18-27(7)21-28-29(22-34-39(33,38-32)37-36-35-31)30(28,8)20-12-19-26(6)16-10-14-24(3)4/h13-14,17,19,21,28-29,31H,9-12,15-16,18,20,22H2,1-8H3/b25-17+,26-19+,27-21+. The molecule has 0 saturated heterocycles. The zero-order chi connectivity index (χ0) is 29.5. The Kier molecular flexibility index (Phi) is 16.8. The maximum absolute atomic E-state index is 12.5. The third-order valence-electron chi connectivity index (χ3n) is 7.46. The van der Waals surface area contributed by atoms with Crippen LogP contribution < -0.4 is 0 Å². The molecule has 0 aromatic heterocycles. The highest BCUT2D eigenvalue weighted by Crippen LogP contribution is 2.66. The van der Waals surface area contributed by atoms with E-state index < -0.39 is 15.4 Å². The second-order valence-corrected chi connectivity index (χ2v) is 15.0. The molecule has 1 rings (SSSR count). The topological polar surface area (TPSA) is 91.3 Å². The smallest absolute Gasteiger partial charge is 0.298 e. The van der Waals surface area contributed by atoms with E-state index in [1.54, 1.807) is 0 Å². The molecule has 1 aliphatic rings. The van der Waals surface area contributed by atoms with Crippen molar-refractivity contribution in [1.29, 1.82) is 0 Å². The number of allylic oxidation sites excluding steroid dienone is 10. The monoisotopic (exact) mass is 584 g/mol. The minimum Gasteiger partial charge on any atom is -0.298 e. The van der Waals surface area contributed by atoms with Gasteiger partial charge in [0.1, 0.15) is 0 Å². The van der Waals surface area contributed by atoms with E-state index in [0.29, 0.717) is 0 Å². The third-order valence-corrected chi connectivity index (χ3v) is 9.53. The van der Waals surface area contributed by atoms with Crippen LogP contribution >= 0.6 is 15.4 Å². The van der Waals surface area contributed by atoms with E-state index in [9.17, 15) is 9.13 Å². The molecule has 9 heteroatoms. The van der Waals surface area contributed by atoms with Gasteiger partial charge in [0.25, 0.3) is 8.15 Å². The van der Waals surface area contributed by atoms with Gasteiger partial charge >= 0.3 is 7.28 Å². The fourth-order valence-electron chi connectivity index (χ4n) is 4.88. The van der Waals surface area contributed by atoms with Gasteiger partial charge in [-0.25, -0.2) is 9.82 Å². The summed E-state index contributed by atoms with van der Waals surface area (Å²) in [6, 6.07) is 0. The number of hydrogen-bond donors (Lipinski definition) is 1. The average molecular weight is 585 g/mol. The van der Waals surface area contributed by atoms with Crippen LogP contribution in [0.1, 0.15) is 107 Å². The van der Waals surface area contributed by atoms with Crippen LogP contribution in [-0.2, 0) is 28.4 Å². The summed E-state index contributed by atoms with van der Waals surface area (Å²) >= 11 is 0. The van der Waals surface area contributed by atoms with Crippen molar-refractivity contribution in [2.45, 2.75) is 107 Å². The lowest BCUT2D eigenvalue weighted by Gasteiger charge is -2.12.